The smallest absolute Gasteiger partial charge is 0.414 e. The third-order valence-electron chi connectivity index (χ3n) is 5.63. The third kappa shape index (κ3) is 5.22. The number of benzene rings is 1. The Balaban J connectivity index is 1.91. The van der Waals surface area contributed by atoms with Gasteiger partial charge in [0.2, 0.25) is 0 Å². The Labute approximate surface area is 184 Å². The highest BCUT2D eigenvalue weighted by molar-refractivity contribution is 7.18. The molecule has 1 amide bonds. The highest BCUT2D eigenvalue weighted by Crippen LogP contribution is 2.33. The molecule has 0 spiro atoms. The maximum absolute atomic E-state index is 12.9. The van der Waals surface area contributed by atoms with Gasteiger partial charge < -0.3 is 9.64 Å². The molecule has 1 aromatic carbocycles. The Morgan fingerprint density at radius 2 is 1.97 bits per heavy atom. The molecule has 0 radical (unpaired) electrons. The van der Waals surface area contributed by atoms with E-state index in [1.165, 1.54) is 4.70 Å². The minimum atomic E-state index is -0.518. The summed E-state index contributed by atoms with van der Waals surface area (Å²) in [6, 6.07) is 6.33. The number of aromatic nitrogens is 1. The highest BCUT2D eigenvalue weighted by atomic mass is 32.1. The predicted molar refractivity (Wildman–Crippen MR) is 126 cm³/mol. The van der Waals surface area contributed by atoms with Gasteiger partial charge in [0.15, 0.2) is 0 Å². The van der Waals surface area contributed by atoms with Crippen LogP contribution in [0.1, 0.15) is 58.5 Å². The van der Waals surface area contributed by atoms with Crippen LogP contribution in [0.3, 0.4) is 0 Å². The first-order chi connectivity index (χ1) is 13.9. The van der Waals surface area contributed by atoms with Crippen LogP contribution in [0.25, 0.3) is 15.9 Å². The van der Waals surface area contributed by atoms with E-state index in [0.717, 1.165) is 34.6 Å². The Kier molecular flexibility index (Phi) is 6.30. The zero-order chi connectivity index (χ0) is 22.3. The van der Waals surface area contributed by atoms with Gasteiger partial charge in [-0.15, -0.1) is 11.3 Å². The molecule has 1 atom stereocenters. The number of likely N-dealkylation sites (N-methyl/N-ethyl adjacent to an activating group) is 1. The lowest BCUT2D eigenvalue weighted by atomic mass is 9.98. The molecule has 1 aromatic heterocycles. The molecular weight excluding hydrogens is 394 g/mol. The van der Waals surface area contributed by atoms with Gasteiger partial charge in [0.05, 0.1) is 20.9 Å². The van der Waals surface area contributed by atoms with Gasteiger partial charge in [-0.3, -0.25) is 4.90 Å². The van der Waals surface area contributed by atoms with E-state index in [0.29, 0.717) is 12.5 Å². The molecule has 2 aromatic rings. The van der Waals surface area contributed by atoms with Crippen molar-refractivity contribution in [3.63, 3.8) is 0 Å². The summed E-state index contributed by atoms with van der Waals surface area (Å²) in [6.45, 7) is 13.0. The van der Waals surface area contributed by atoms with E-state index in [9.17, 15) is 4.79 Å². The van der Waals surface area contributed by atoms with Gasteiger partial charge in [-0.05, 0) is 73.2 Å². The third-order valence-corrected chi connectivity index (χ3v) is 6.67. The molecule has 0 saturated heterocycles. The Morgan fingerprint density at radius 3 is 2.60 bits per heavy atom. The number of thiazole rings is 1. The molecule has 0 aliphatic carbocycles. The fraction of sp³-hybridized carbons (Fsp3) is 0.583. The number of amides is 1. The lowest BCUT2D eigenvalue weighted by Gasteiger charge is -2.33. The normalized spacial score (nSPS) is 18.1. The van der Waals surface area contributed by atoms with Crippen molar-refractivity contribution in [3.05, 3.63) is 34.8 Å². The van der Waals surface area contributed by atoms with E-state index in [-0.39, 0.29) is 11.6 Å². The zero-order valence-corrected chi connectivity index (χ0v) is 20.4. The highest BCUT2D eigenvalue weighted by Gasteiger charge is 2.29. The molecule has 6 heteroatoms. The molecule has 1 aliphatic rings. The number of carbonyl (C=O) groups is 1. The molecule has 0 N–H and O–H groups in total. The summed E-state index contributed by atoms with van der Waals surface area (Å²) in [4.78, 5) is 21.8. The first-order valence-corrected chi connectivity index (χ1v) is 11.5. The molecule has 1 aliphatic heterocycles. The molecule has 3 rings (SSSR count). The summed E-state index contributed by atoms with van der Waals surface area (Å²) in [5, 5.41) is 1.14. The first kappa shape index (κ1) is 22.8. The molecular formula is C24H35N3O2S. The largest absolute Gasteiger partial charge is 0.443 e. The predicted octanol–water partition coefficient (Wildman–Crippen LogP) is 5.80. The average molecular weight is 430 g/mol. The van der Waals surface area contributed by atoms with Gasteiger partial charge in [0.25, 0.3) is 0 Å². The maximum Gasteiger partial charge on any atom is 0.414 e. The fourth-order valence-electron chi connectivity index (χ4n) is 3.41. The van der Waals surface area contributed by atoms with Gasteiger partial charge in [-0.1, -0.05) is 19.1 Å². The van der Waals surface area contributed by atoms with Crippen molar-refractivity contribution in [2.45, 2.75) is 65.5 Å². The second-order valence-corrected chi connectivity index (χ2v) is 11.3. The quantitative estimate of drug-likeness (QED) is 0.616. The first-order valence-electron chi connectivity index (χ1n) is 10.6. The van der Waals surface area contributed by atoms with Crippen molar-refractivity contribution in [1.82, 2.24) is 14.8 Å². The molecule has 0 bridgehead atoms. The van der Waals surface area contributed by atoms with Crippen molar-refractivity contribution in [1.29, 1.82) is 0 Å². The van der Waals surface area contributed by atoms with E-state index in [1.54, 1.807) is 16.2 Å². The van der Waals surface area contributed by atoms with Crippen LogP contribution in [0.5, 0.6) is 0 Å². The second kappa shape index (κ2) is 8.31. The molecule has 5 nitrogen and oxygen atoms in total. The van der Waals surface area contributed by atoms with Crippen LogP contribution in [-0.2, 0) is 11.2 Å². The summed E-state index contributed by atoms with van der Waals surface area (Å²) in [7, 11) is 4.21. The van der Waals surface area contributed by atoms with Crippen LogP contribution in [0.2, 0.25) is 0 Å². The number of carbonyl (C=O) groups excluding carboxylic acids is 1. The summed E-state index contributed by atoms with van der Waals surface area (Å²) in [5.41, 5.74) is 2.46. The Hall–Kier alpha value is -1.92. The van der Waals surface area contributed by atoms with Crippen molar-refractivity contribution in [2.24, 2.45) is 5.92 Å². The number of ether oxygens (including phenoxy) is 1. The maximum atomic E-state index is 12.9. The Bertz CT molecular complexity index is 953. The standard InChI is InChI=1S/C24H35N3O2S/c1-16-9-11-19(27(15-16)22(28)29-23(2,3)4)17-10-12-20-18(13-17)25-21(30-20)14-24(5,6)26(7)8/h10-13,16H,9,14-15H2,1-8H3. The molecule has 0 fully saturated rings. The average Bonchev–Trinajstić information content (AvgIpc) is 3.00. The summed E-state index contributed by atoms with van der Waals surface area (Å²) >= 11 is 1.75. The van der Waals surface area contributed by atoms with E-state index in [2.05, 4.69) is 64.0 Å². The van der Waals surface area contributed by atoms with Crippen molar-refractivity contribution in [3.8, 4) is 0 Å². The van der Waals surface area contributed by atoms with Gasteiger partial charge in [-0.25, -0.2) is 9.78 Å². The molecule has 164 valence electrons. The minimum Gasteiger partial charge on any atom is -0.443 e. The number of rotatable bonds is 4. The molecule has 1 unspecified atom stereocenters. The van der Waals surface area contributed by atoms with Gasteiger partial charge in [-0.2, -0.15) is 0 Å². The lowest BCUT2D eigenvalue weighted by Crippen LogP contribution is -2.40. The zero-order valence-electron chi connectivity index (χ0n) is 19.6. The van der Waals surface area contributed by atoms with Crippen LogP contribution in [0.15, 0.2) is 24.3 Å². The topological polar surface area (TPSA) is 45.7 Å². The van der Waals surface area contributed by atoms with E-state index < -0.39 is 5.60 Å². The van der Waals surface area contributed by atoms with Crippen LogP contribution >= 0.6 is 11.3 Å². The Morgan fingerprint density at radius 1 is 1.27 bits per heavy atom. The van der Waals surface area contributed by atoms with E-state index >= 15 is 0 Å². The molecule has 2 heterocycles. The number of hydrogen-bond donors (Lipinski definition) is 0. The van der Waals surface area contributed by atoms with Gasteiger partial charge >= 0.3 is 6.09 Å². The van der Waals surface area contributed by atoms with Gasteiger partial charge in [0.1, 0.15) is 5.60 Å². The van der Waals surface area contributed by atoms with Crippen LogP contribution < -0.4 is 0 Å². The monoisotopic (exact) mass is 429 g/mol. The van der Waals surface area contributed by atoms with Crippen molar-refractivity contribution >= 4 is 33.3 Å². The van der Waals surface area contributed by atoms with Crippen molar-refractivity contribution in [2.75, 3.05) is 20.6 Å². The summed E-state index contributed by atoms with van der Waals surface area (Å²) in [6.07, 6.45) is 3.72. The van der Waals surface area contributed by atoms with E-state index in [1.807, 2.05) is 20.8 Å². The number of fused-ring (bicyclic) bond motifs is 1. The minimum absolute atomic E-state index is 0.0479. The van der Waals surface area contributed by atoms with Crippen LogP contribution in [0.4, 0.5) is 4.79 Å². The number of allylic oxidation sites excluding steroid dienone is 1. The number of hydrogen-bond acceptors (Lipinski definition) is 5. The van der Waals surface area contributed by atoms with Gasteiger partial charge in [0, 0.05) is 24.1 Å². The number of nitrogens with zero attached hydrogens (tertiary/aromatic N) is 3. The summed E-state index contributed by atoms with van der Waals surface area (Å²) < 4.78 is 6.85. The second-order valence-electron chi connectivity index (χ2n) is 10.2. The van der Waals surface area contributed by atoms with Crippen molar-refractivity contribution < 1.29 is 9.53 Å². The SMILES string of the molecule is CC1CC=C(c2ccc3sc(CC(C)(C)N(C)C)nc3c2)N(C(=O)OC(C)(C)C)C1. The molecule has 30 heavy (non-hydrogen) atoms. The fourth-order valence-corrected chi connectivity index (χ4v) is 4.58. The summed E-state index contributed by atoms with van der Waals surface area (Å²) in [5.74, 6) is 0.407. The lowest BCUT2D eigenvalue weighted by molar-refractivity contribution is 0.0327. The van der Waals surface area contributed by atoms with Crippen LogP contribution in [0, 0.1) is 5.92 Å². The van der Waals surface area contributed by atoms with E-state index in [4.69, 9.17) is 9.72 Å². The molecule has 0 saturated carbocycles. The van der Waals surface area contributed by atoms with Crippen LogP contribution in [-0.4, -0.2) is 52.7 Å².